The van der Waals surface area contributed by atoms with Crippen LogP contribution in [0.5, 0.6) is 0 Å². The summed E-state index contributed by atoms with van der Waals surface area (Å²) in [6.07, 6.45) is 4.28. The fourth-order valence-electron chi connectivity index (χ4n) is 4.27. The van der Waals surface area contributed by atoms with Crippen LogP contribution in [-0.4, -0.2) is 89.3 Å². The van der Waals surface area contributed by atoms with Crippen LogP contribution in [0.2, 0.25) is 0 Å². The fourth-order valence-corrected chi connectivity index (χ4v) is 4.27. The maximum Gasteiger partial charge on any atom is 0.243 e. The highest BCUT2D eigenvalue weighted by Gasteiger charge is 2.35. The molecule has 2 saturated heterocycles. The average Bonchev–Trinajstić information content (AvgIpc) is 2.86. The molecule has 34 heavy (non-hydrogen) atoms. The predicted octanol–water partition coefficient (Wildman–Crippen LogP) is 0.517. The van der Waals surface area contributed by atoms with Crippen LogP contribution in [0.4, 0.5) is 11.6 Å². The van der Waals surface area contributed by atoms with Crippen LogP contribution in [0.1, 0.15) is 18.9 Å². The van der Waals surface area contributed by atoms with Crippen LogP contribution in [0.15, 0.2) is 42.7 Å². The molecule has 0 radical (unpaired) electrons. The second kappa shape index (κ2) is 11.1. The quantitative estimate of drug-likeness (QED) is 0.613. The molecule has 2 aliphatic heterocycles. The topological polar surface area (TPSA) is 111 Å². The third kappa shape index (κ3) is 5.88. The summed E-state index contributed by atoms with van der Waals surface area (Å²) in [5.41, 5.74) is 1.86. The van der Waals surface area contributed by atoms with Crippen molar-refractivity contribution in [1.82, 2.24) is 25.1 Å². The molecule has 3 amide bonds. The average molecular weight is 466 g/mol. The van der Waals surface area contributed by atoms with E-state index >= 15 is 0 Å². The number of rotatable bonds is 7. The van der Waals surface area contributed by atoms with E-state index in [0.717, 1.165) is 19.5 Å². The zero-order valence-corrected chi connectivity index (χ0v) is 19.4. The van der Waals surface area contributed by atoms with Crippen molar-refractivity contribution in [3.05, 3.63) is 48.3 Å². The van der Waals surface area contributed by atoms with Gasteiger partial charge in [0.15, 0.2) is 0 Å². The summed E-state index contributed by atoms with van der Waals surface area (Å²) in [6, 6.07) is 8.59. The lowest BCUT2D eigenvalue weighted by Gasteiger charge is -2.38. The number of amides is 3. The number of carbonyl (C=O) groups excluding carboxylic acids is 3. The summed E-state index contributed by atoms with van der Waals surface area (Å²) in [5.74, 6) is -0.0244. The van der Waals surface area contributed by atoms with Gasteiger partial charge in [-0.15, -0.1) is 0 Å². The van der Waals surface area contributed by atoms with Crippen LogP contribution in [0, 0.1) is 0 Å². The van der Waals surface area contributed by atoms with E-state index in [9.17, 15) is 14.4 Å². The normalized spacial score (nSPS) is 19.0. The van der Waals surface area contributed by atoms with E-state index in [0.29, 0.717) is 37.8 Å². The Morgan fingerprint density at radius 3 is 2.44 bits per heavy atom. The van der Waals surface area contributed by atoms with Gasteiger partial charge in [0.1, 0.15) is 6.04 Å². The highest BCUT2D eigenvalue weighted by Crippen LogP contribution is 2.15. The van der Waals surface area contributed by atoms with Gasteiger partial charge in [0, 0.05) is 57.3 Å². The molecule has 3 heterocycles. The van der Waals surface area contributed by atoms with Gasteiger partial charge in [-0.25, -0.2) is 9.97 Å². The minimum absolute atomic E-state index is 0.0772. The molecule has 2 N–H and O–H groups in total. The van der Waals surface area contributed by atoms with Crippen LogP contribution < -0.4 is 15.5 Å². The summed E-state index contributed by atoms with van der Waals surface area (Å²) in [7, 11) is 0. The van der Waals surface area contributed by atoms with E-state index in [1.165, 1.54) is 5.56 Å². The van der Waals surface area contributed by atoms with Crippen molar-refractivity contribution < 1.29 is 14.4 Å². The predicted molar refractivity (Wildman–Crippen MR) is 128 cm³/mol. The lowest BCUT2D eigenvalue weighted by molar-refractivity contribution is -0.145. The van der Waals surface area contributed by atoms with Gasteiger partial charge in [-0.2, -0.15) is 0 Å². The summed E-state index contributed by atoms with van der Waals surface area (Å²) in [5, 5.41) is 5.62. The molecule has 1 aromatic heterocycles. The molecule has 1 aromatic carbocycles. The molecule has 2 aromatic rings. The number of nitrogens with zero attached hydrogens (tertiary/aromatic N) is 5. The number of anilines is 2. The van der Waals surface area contributed by atoms with Crippen LogP contribution in [-0.2, 0) is 20.8 Å². The number of nitrogens with one attached hydrogen (secondary N) is 2. The SMILES string of the molecule is CCc1ccc(NC(=O)CC2C(=O)NCCN2C(=O)CN2CCN(c3ncccn3)CC2)cc1. The van der Waals surface area contributed by atoms with Gasteiger partial charge >= 0.3 is 0 Å². The second-order valence-corrected chi connectivity index (χ2v) is 8.51. The largest absolute Gasteiger partial charge is 0.353 e. The molecule has 2 fully saturated rings. The highest BCUT2D eigenvalue weighted by molar-refractivity contribution is 5.97. The van der Waals surface area contributed by atoms with Crippen molar-refractivity contribution in [2.45, 2.75) is 25.8 Å². The monoisotopic (exact) mass is 465 g/mol. The fraction of sp³-hybridized carbons (Fsp3) is 0.458. The van der Waals surface area contributed by atoms with Gasteiger partial charge in [-0.3, -0.25) is 19.3 Å². The third-order valence-corrected chi connectivity index (χ3v) is 6.24. The van der Waals surface area contributed by atoms with Gasteiger partial charge in [0.25, 0.3) is 0 Å². The van der Waals surface area contributed by atoms with Crippen molar-refractivity contribution in [3.63, 3.8) is 0 Å². The number of carbonyl (C=O) groups is 3. The first-order valence-electron chi connectivity index (χ1n) is 11.7. The Balaban J connectivity index is 1.31. The Kier molecular flexibility index (Phi) is 7.69. The molecule has 2 aliphatic rings. The molecular weight excluding hydrogens is 434 g/mol. The van der Waals surface area contributed by atoms with E-state index in [1.807, 2.05) is 24.3 Å². The Labute approximate surface area is 199 Å². The van der Waals surface area contributed by atoms with Crippen molar-refractivity contribution in [3.8, 4) is 0 Å². The maximum atomic E-state index is 13.1. The van der Waals surface area contributed by atoms with E-state index in [2.05, 4.69) is 37.3 Å². The first kappa shape index (κ1) is 23.6. The Morgan fingerprint density at radius 1 is 1.06 bits per heavy atom. The summed E-state index contributed by atoms with van der Waals surface area (Å²) in [4.78, 5) is 52.6. The van der Waals surface area contributed by atoms with Gasteiger partial charge < -0.3 is 20.4 Å². The van der Waals surface area contributed by atoms with E-state index in [1.54, 1.807) is 23.4 Å². The molecule has 1 atom stereocenters. The first-order chi connectivity index (χ1) is 16.5. The van der Waals surface area contributed by atoms with E-state index in [4.69, 9.17) is 0 Å². The summed E-state index contributed by atoms with van der Waals surface area (Å²) in [6.45, 7) is 5.91. The van der Waals surface area contributed by atoms with Crippen molar-refractivity contribution in [2.75, 3.05) is 56.0 Å². The van der Waals surface area contributed by atoms with E-state index < -0.39 is 6.04 Å². The molecule has 180 valence electrons. The smallest absolute Gasteiger partial charge is 0.243 e. The van der Waals surface area contributed by atoms with Gasteiger partial charge in [0.05, 0.1) is 13.0 Å². The molecule has 10 nitrogen and oxygen atoms in total. The van der Waals surface area contributed by atoms with Crippen LogP contribution in [0.3, 0.4) is 0 Å². The number of piperazine rings is 2. The molecule has 4 rings (SSSR count). The number of hydrogen-bond donors (Lipinski definition) is 2. The van der Waals surface area contributed by atoms with Gasteiger partial charge in [-0.05, 0) is 30.2 Å². The number of benzene rings is 1. The Hall–Kier alpha value is -3.53. The Morgan fingerprint density at radius 2 is 1.76 bits per heavy atom. The summed E-state index contributed by atoms with van der Waals surface area (Å²) >= 11 is 0. The highest BCUT2D eigenvalue weighted by atomic mass is 16.2. The van der Waals surface area contributed by atoms with E-state index in [-0.39, 0.29) is 30.7 Å². The molecule has 1 unspecified atom stereocenters. The van der Waals surface area contributed by atoms with Gasteiger partial charge in [-0.1, -0.05) is 19.1 Å². The lowest BCUT2D eigenvalue weighted by atomic mass is 10.1. The van der Waals surface area contributed by atoms with Gasteiger partial charge in [0.2, 0.25) is 23.7 Å². The molecule has 0 saturated carbocycles. The molecule has 0 spiro atoms. The van der Waals surface area contributed by atoms with Crippen molar-refractivity contribution >= 4 is 29.4 Å². The molecule has 0 bridgehead atoms. The van der Waals surface area contributed by atoms with Crippen LogP contribution >= 0.6 is 0 Å². The number of aromatic nitrogens is 2. The zero-order valence-electron chi connectivity index (χ0n) is 19.4. The number of aryl methyl sites for hydroxylation is 1. The minimum Gasteiger partial charge on any atom is -0.353 e. The number of hydrogen-bond acceptors (Lipinski definition) is 7. The summed E-state index contributed by atoms with van der Waals surface area (Å²) < 4.78 is 0. The standard InChI is InChI=1S/C24H31N7O3/c1-2-18-4-6-19(7-5-18)28-21(32)16-20-23(34)25-10-11-31(20)22(33)17-29-12-14-30(15-13-29)24-26-8-3-9-27-24/h3-9,20H,2,10-17H2,1H3,(H,25,34)(H,28,32). The second-order valence-electron chi connectivity index (χ2n) is 8.51. The minimum atomic E-state index is -0.810. The first-order valence-corrected chi connectivity index (χ1v) is 11.7. The zero-order chi connectivity index (χ0) is 23.9. The Bertz CT molecular complexity index is 991. The maximum absolute atomic E-state index is 13.1. The van der Waals surface area contributed by atoms with Crippen molar-refractivity contribution in [1.29, 1.82) is 0 Å². The molecule has 0 aliphatic carbocycles. The molecular formula is C24H31N7O3. The third-order valence-electron chi connectivity index (χ3n) is 6.24. The van der Waals surface area contributed by atoms with Crippen molar-refractivity contribution in [2.24, 2.45) is 0 Å². The van der Waals surface area contributed by atoms with Crippen LogP contribution in [0.25, 0.3) is 0 Å². The lowest BCUT2D eigenvalue weighted by Crippen LogP contribution is -2.60. The molecule has 10 heteroatoms.